The largest absolute Gasteiger partial charge is 0.375 e. The standard InChI is InChI=1S/C17H19ClFN3O/c1-22(14-6-3-2-4-7-14)11-5-10-20-17(23)21-16-9-8-13(18)12-15(16)19/h2-4,6-9,12H,5,10-11H2,1H3,(H2,20,21,23). The van der Waals surface area contributed by atoms with Crippen LogP contribution in [0.5, 0.6) is 0 Å². The third-order valence-corrected chi connectivity index (χ3v) is 3.57. The Labute approximate surface area is 140 Å². The van der Waals surface area contributed by atoms with E-state index in [1.807, 2.05) is 37.4 Å². The number of urea groups is 1. The molecule has 0 unspecified atom stereocenters. The number of hydrogen-bond donors (Lipinski definition) is 2. The number of carbonyl (C=O) groups excluding carboxylic acids is 1. The van der Waals surface area contributed by atoms with Gasteiger partial charge < -0.3 is 15.5 Å². The molecular weight excluding hydrogens is 317 g/mol. The second-order valence-electron chi connectivity index (χ2n) is 5.12. The highest BCUT2D eigenvalue weighted by atomic mass is 35.5. The quantitative estimate of drug-likeness (QED) is 0.780. The number of halogens is 2. The summed E-state index contributed by atoms with van der Waals surface area (Å²) in [5.74, 6) is -0.559. The predicted octanol–water partition coefficient (Wildman–Crippen LogP) is 4.13. The van der Waals surface area contributed by atoms with Gasteiger partial charge in [-0.15, -0.1) is 0 Å². The van der Waals surface area contributed by atoms with Crippen molar-refractivity contribution in [3.05, 3.63) is 59.4 Å². The number of para-hydroxylation sites is 1. The molecule has 122 valence electrons. The Bertz CT molecular complexity index is 652. The van der Waals surface area contributed by atoms with Gasteiger partial charge in [-0.3, -0.25) is 0 Å². The van der Waals surface area contributed by atoms with Crippen molar-refractivity contribution in [3.63, 3.8) is 0 Å². The predicted molar refractivity (Wildman–Crippen MR) is 92.8 cm³/mol. The fourth-order valence-electron chi connectivity index (χ4n) is 2.09. The topological polar surface area (TPSA) is 44.4 Å². The maximum atomic E-state index is 13.6. The Hall–Kier alpha value is -2.27. The Balaban J connectivity index is 1.71. The first-order valence-corrected chi connectivity index (χ1v) is 7.70. The molecule has 0 atom stereocenters. The van der Waals surface area contributed by atoms with E-state index in [1.54, 1.807) is 0 Å². The van der Waals surface area contributed by atoms with Crippen LogP contribution >= 0.6 is 11.6 Å². The molecule has 0 radical (unpaired) electrons. The molecule has 0 aromatic heterocycles. The molecule has 0 spiro atoms. The summed E-state index contributed by atoms with van der Waals surface area (Å²) < 4.78 is 13.6. The minimum Gasteiger partial charge on any atom is -0.375 e. The fraction of sp³-hybridized carbons (Fsp3) is 0.235. The van der Waals surface area contributed by atoms with E-state index in [4.69, 9.17) is 11.6 Å². The highest BCUT2D eigenvalue weighted by molar-refractivity contribution is 6.30. The monoisotopic (exact) mass is 335 g/mol. The molecule has 0 fully saturated rings. The van der Waals surface area contributed by atoms with E-state index < -0.39 is 11.8 Å². The van der Waals surface area contributed by atoms with Gasteiger partial charge in [0, 0.05) is 30.8 Å². The van der Waals surface area contributed by atoms with E-state index in [2.05, 4.69) is 15.5 Å². The molecule has 0 aliphatic carbocycles. The maximum Gasteiger partial charge on any atom is 0.319 e. The van der Waals surface area contributed by atoms with Crippen molar-refractivity contribution in [3.8, 4) is 0 Å². The van der Waals surface area contributed by atoms with Crippen LogP contribution in [0.2, 0.25) is 5.02 Å². The molecule has 0 saturated heterocycles. The fourth-order valence-corrected chi connectivity index (χ4v) is 2.25. The number of rotatable bonds is 6. The second-order valence-corrected chi connectivity index (χ2v) is 5.55. The van der Waals surface area contributed by atoms with E-state index in [0.717, 1.165) is 24.7 Å². The van der Waals surface area contributed by atoms with E-state index in [0.29, 0.717) is 6.54 Å². The molecule has 6 heteroatoms. The molecule has 2 aromatic carbocycles. The van der Waals surface area contributed by atoms with E-state index in [1.165, 1.54) is 12.1 Å². The molecule has 0 aliphatic rings. The van der Waals surface area contributed by atoms with E-state index in [9.17, 15) is 9.18 Å². The van der Waals surface area contributed by atoms with Crippen molar-refractivity contribution >= 4 is 29.0 Å². The Morgan fingerprint density at radius 1 is 1.22 bits per heavy atom. The average molecular weight is 336 g/mol. The Morgan fingerprint density at radius 2 is 1.96 bits per heavy atom. The lowest BCUT2D eigenvalue weighted by Crippen LogP contribution is -2.31. The van der Waals surface area contributed by atoms with E-state index >= 15 is 0 Å². The molecular formula is C17H19ClFN3O. The van der Waals surface area contributed by atoms with Gasteiger partial charge in [-0.1, -0.05) is 29.8 Å². The number of nitrogens with one attached hydrogen (secondary N) is 2. The summed E-state index contributed by atoms with van der Waals surface area (Å²) in [5, 5.41) is 5.45. The van der Waals surface area contributed by atoms with Crippen molar-refractivity contribution in [2.75, 3.05) is 30.4 Å². The number of hydrogen-bond acceptors (Lipinski definition) is 2. The van der Waals surface area contributed by atoms with Gasteiger partial charge in [0.1, 0.15) is 5.82 Å². The summed E-state index contributed by atoms with van der Waals surface area (Å²) in [5.41, 5.74) is 1.23. The first-order chi connectivity index (χ1) is 11.1. The highest BCUT2D eigenvalue weighted by Gasteiger charge is 2.07. The second kappa shape index (κ2) is 8.39. The molecule has 2 aromatic rings. The summed E-state index contributed by atoms with van der Waals surface area (Å²) in [6.07, 6.45) is 0.780. The maximum absolute atomic E-state index is 13.6. The zero-order valence-corrected chi connectivity index (χ0v) is 13.6. The number of amides is 2. The van der Waals surface area contributed by atoms with Crippen LogP contribution in [0.25, 0.3) is 0 Å². The van der Waals surface area contributed by atoms with Gasteiger partial charge in [0.15, 0.2) is 0 Å². The lowest BCUT2D eigenvalue weighted by atomic mass is 10.3. The molecule has 0 saturated carbocycles. The third kappa shape index (κ3) is 5.45. The highest BCUT2D eigenvalue weighted by Crippen LogP contribution is 2.18. The molecule has 2 rings (SSSR count). The van der Waals surface area contributed by atoms with Crippen LogP contribution in [-0.2, 0) is 0 Å². The first-order valence-electron chi connectivity index (χ1n) is 7.32. The number of anilines is 2. The zero-order valence-electron chi connectivity index (χ0n) is 12.9. The number of carbonyl (C=O) groups is 1. The van der Waals surface area contributed by atoms with Gasteiger partial charge in [-0.05, 0) is 36.8 Å². The van der Waals surface area contributed by atoms with Gasteiger partial charge in [-0.2, -0.15) is 0 Å². The Kier molecular flexibility index (Phi) is 6.23. The summed E-state index contributed by atoms with van der Waals surface area (Å²) in [6.45, 7) is 1.30. The van der Waals surface area contributed by atoms with Crippen LogP contribution in [0.4, 0.5) is 20.6 Å². The molecule has 23 heavy (non-hydrogen) atoms. The van der Waals surface area contributed by atoms with Crippen LogP contribution in [0, 0.1) is 5.82 Å². The summed E-state index contributed by atoms with van der Waals surface area (Å²) in [4.78, 5) is 13.8. The van der Waals surface area contributed by atoms with Crippen molar-refractivity contribution in [2.24, 2.45) is 0 Å². The molecule has 0 bridgehead atoms. The molecule has 0 heterocycles. The van der Waals surface area contributed by atoms with Crippen LogP contribution in [0.15, 0.2) is 48.5 Å². The lowest BCUT2D eigenvalue weighted by Gasteiger charge is -2.19. The van der Waals surface area contributed by atoms with Gasteiger partial charge in [0.25, 0.3) is 0 Å². The third-order valence-electron chi connectivity index (χ3n) is 3.33. The smallest absolute Gasteiger partial charge is 0.319 e. The first kappa shape index (κ1) is 17.1. The van der Waals surface area contributed by atoms with Gasteiger partial charge in [0.05, 0.1) is 5.69 Å². The van der Waals surface area contributed by atoms with Crippen LogP contribution in [-0.4, -0.2) is 26.2 Å². The van der Waals surface area contributed by atoms with Crippen LogP contribution in [0.1, 0.15) is 6.42 Å². The van der Waals surface area contributed by atoms with Crippen molar-refractivity contribution in [1.29, 1.82) is 0 Å². The summed E-state index contributed by atoms with van der Waals surface area (Å²) in [7, 11) is 2.00. The summed E-state index contributed by atoms with van der Waals surface area (Å²) >= 11 is 5.66. The molecule has 4 nitrogen and oxygen atoms in total. The van der Waals surface area contributed by atoms with E-state index in [-0.39, 0.29) is 10.7 Å². The lowest BCUT2D eigenvalue weighted by molar-refractivity contribution is 0.252. The Morgan fingerprint density at radius 3 is 2.65 bits per heavy atom. The van der Waals surface area contributed by atoms with Gasteiger partial charge in [0.2, 0.25) is 0 Å². The zero-order chi connectivity index (χ0) is 16.7. The van der Waals surface area contributed by atoms with Gasteiger partial charge in [-0.25, -0.2) is 9.18 Å². The van der Waals surface area contributed by atoms with Crippen LogP contribution < -0.4 is 15.5 Å². The van der Waals surface area contributed by atoms with Crippen LogP contribution in [0.3, 0.4) is 0 Å². The molecule has 2 amide bonds. The van der Waals surface area contributed by atoms with Gasteiger partial charge >= 0.3 is 6.03 Å². The summed E-state index contributed by atoms with van der Waals surface area (Å²) in [6, 6.07) is 13.7. The number of nitrogens with zero attached hydrogens (tertiary/aromatic N) is 1. The van der Waals surface area contributed by atoms with Crippen molar-refractivity contribution in [2.45, 2.75) is 6.42 Å². The normalized spacial score (nSPS) is 10.2. The SMILES string of the molecule is CN(CCCNC(=O)Nc1ccc(Cl)cc1F)c1ccccc1. The molecule has 2 N–H and O–H groups in total. The van der Waals surface area contributed by atoms with Crippen molar-refractivity contribution < 1.29 is 9.18 Å². The van der Waals surface area contributed by atoms with Crippen molar-refractivity contribution in [1.82, 2.24) is 5.32 Å². The number of benzene rings is 2. The average Bonchev–Trinajstić information content (AvgIpc) is 2.55. The molecule has 0 aliphatic heterocycles. The minimum absolute atomic E-state index is 0.105. The minimum atomic E-state index is -0.559.